The monoisotopic (exact) mass is 549 g/mol. The maximum atomic E-state index is 12.4. The second-order valence-electron chi connectivity index (χ2n) is 9.67. The van der Waals surface area contributed by atoms with Crippen molar-refractivity contribution < 1.29 is 17.7 Å². The molecular formula is C29H35N5O4S. The fourth-order valence-electron chi connectivity index (χ4n) is 4.06. The predicted molar refractivity (Wildman–Crippen MR) is 153 cm³/mol. The minimum atomic E-state index is -3.36. The summed E-state index contributed by atoms with van der Waals surface area (Å²) in [6, 6.07) is 8.75. The zero-order valence-corrected chi connectivity index (χ0v) is 23.4. The maximum Gasteiger partial charge on any atom is 0.189 e. The van der Waals surface area contributed by atoms with Gasteiger partial charge in [0.15, 0.2) is 27.1 Å². The number of hydrogen-bond acceptors (Lipinski definition) is 9. The van der Waals surface area contributed by atoms with Gasteiger partial charge in [-0.2, -0.15) is 0 Å². The van der Waals surface area contributed by atoms with E-state index in [9.17, 15) is 8.42 Å². The third-order valence-corrected chi connectivity index (χ3v) is 8.83. The van der Waals surface area contributed by atoms with Gasteiger partial charge in [0.1, 0.15) is 5.69 Å². The lowest BCUT2D eigenvalue weighted by molar-refractivity contribution is 0.0788. The normalized spacial score (nSPS) is 15.3. The third-order valence-electron chi connectivity index (χ3n) is 6.66. The number of allylic oxidation sites excluding steroid dienone is 3. The van der Waals surface area contributed by atoms with Gasteiger partial charge >= 0.3 is 0 Å². The summed E-state index contributed by atoms with van der Waals surface area (Å²) in [5.74, 6) is 0.551. The van der Waals surface area contributed by atoms with Crippen LogP contribution in [0, 0.1) is 0 Å². The molecule has 39 heavy (non-hydrogen) atoms. The van der Waals surface area contributed by atoms with E-state index in [-0.39, 0.29) is 10.7 Å². The van der Waals surface area contributed by atoms with Gasteiger partial charge < -0.3 is 20.3 Å². The number of hydrogen-bond donors (Lipinski definition) is 2. The number of nitrogens with one attached hydrogen (secondary N) is 1. The first kappa shape index (κ1) is 28.4. The van der Waals surface area contributed by atoms with Crippen LogP contribution < -0.4 is 11.1 Å². The predicted octanol–water partition coefficient (Wildman–Crippen LogP) is 4.85. The Bertz CT molecular complexity index is 1470. The highest BCUT2D eigenvalue weighted by molar-refractivity contribution is 7.92. The van der Waals surface area contributed by atoms with Gasteiger partial charge in [0.25, 0.3) is 0 Å². The Labute approximate surface area is 229 Å². The topological polar surface area (TPSA) is 133 Å². The van der Waals surface area contributed by atoms with Crippen LogP contribution >= 0.6 is 0 Å². The zero-order valence-electron chi connectivity index (χ0n) is 22.6. The first-order chi connectivity index (χ1) is 18.7. The molecule has 0 spiro atoms. The Balaban J connectivity index is 1.47. The van der Waals surface area contributed by atoms with E-state index < -0.39 is 15.1 Å². The molecule has 0 unspecified atom stereocenters. The van der Waals surface area contributed by atoms with Crippen molar-refractivity contribution in [3.05, 3.63) is 72.6 Å². The minimum Gasteiger partial charge on any atom is -0.382 e. The summed E-state index contributed by atoms with van der Waals surface area (Å²) in [4.78, 5) is 9.15. The van der Waals surface area contributed by atoms with Crippen molar-refractivity contribution in [2.75, 3.05) is 25.5 Å². The van der Waals surface area contributed by atoms with E-state index in [2.05, 4.69) is 33.1 Å². The van der Waals surface area contributed by atoms with Crippen molar-refractivity contribution in [2.45, 2.75) is 49.8 Å². The van der Waals surface area contributed by atoms with E-state index in [1.807, 2.05) is 19.1 Å². The Hall–Kier alpha value is -3.60. The van der Waals surface area contributed by atoms with Gasteiger partial charge in [-0.3, -0.25) is 0 Å². The SMILES string of the molecule is C=C(/C=C\C(=C/C)CNC1CCOCC1)c1cc(-c2nc(-c3ccc(S(=O)(=O)C(C)C)cc3)cnc2N)on1. The molecule has 1 aliphatic heterocycles. The van der Waals surface area contributed by atoms with Crippen LogP contribution in [0.15, 0.2) is 76.3 Å². The van der Waals surface area contributed by atoms with E-state index in [4.69, 9.17) is 15.0 Å². The third kappa shape index (κ3) is 6.89. The van der Waals surface area contributed by atoms with Crippen LogP contribution in [0.1, 0.15) is 39.3 Å². The summed E-state index contributed by atoms with van der Waals surface area (Å²) in [6.07, 6.45) is 9.57. The fourth-order valence-corrected chi connectivity index (χ4v) is 5.12. The Morgan fingerprint density at radius 3 is 2.59 bits per heavy atom. The molecule has 3 aromatic rings. The number of aromatic nitrogens is 3. The molecule has 3 N–H and O–H groups in total. The summed E-state index contributed by atoms with van der Waals surface area (Å²) in [6.45, 7) is 11.8. The highest BCUT2D eigenvalue weighted by Crippen LogP contribution is 2.29. The summed E-state index contributed by atoms with van der Waals surface area (Å²) >= 11 is 0. The number of anilines is 1. The van der Waals surface area contributed by atoms with E-state index in [0.717, 1.165) is 38.2 Å². The summed E-state index contributed by atoms with van der Waals surface area (Å²) in [5.41, 5.74) is 10.1. The molecule has 10 heteroatoms. The number of rotatable bonds is 10. The van der Waals surface area contributed by atoms with Crippen molar-refractivity contribution in [3.8, 4) is 22.7 Å². The second-order valence-corrected chi connectivity index (χ2v) is 12.2. The lowest BCUT2D eigenvalue weighted by Crippen LogP contribution is -2.35. The van der Waals surface area contributed by atoms with Crippen LogP contribution in [0.2, 0.25) is 0 Å². The molecule has 4 rings (SSSR count). The van der Waals surface area contributed by atoms with Crippen molar-refractivity contribution >= 4 is 21.2 Å². The van der Waals surface area contributed by atoms with Gasteiger partial charge in [0.2, 0.25) is 0 Å². The average Bonchev–Trinajstić information content (AvgIpc) is 3.44. The molecule has 0 aliphatic carbocycles. The first-order valence-corrected chi connectivity index (χ1v) is 14.5. The molecule has 0 saturated carbocycles. The number of benzene rings is 1. The molecule has 1 aromatic carbocycles. The Morgan fingerprint density at radius 1 is 1.21 bits per heavy atom. The zero-order chi connectivity index (χ0) is 28.0. The quantitative estimate of drug-likeness (QED) is 0.341. The number of nitrogens with zero attached hydrogens (tertiary/aromatic N) is 3. The Morgan fingerprint density at radius 2 is 1.92 bits per heavy atom. The highest BCUT2D eigenvalue weighted by Gasteiger charge is 2.20. The van der Waals surface area contributed by atoms with Gasteiger partial charge in [0, 0.05) is 37.4 Å². The number of nitrogens with two attached hydrogens (primary N) is 1. The van der Waals surface area contributed by atoms with Gasteiger partial charge in [-0.1, -0.05) is 42.1 Å². The van der Waals surface area contributed by atoms with E-state index in [1.165, 1.54) is 6.20 Å². The summed E-state index contributed by atoms with van der Waals surface area (Å²) in [5, 5.41) is 7.22. The number of sulfone groups is 1. The standard InChI is InChI=1S/C29H35N5O4S/c1-5-21(17-31-23-12-14-37-15-13-23)7-6-20(4)25-16-27(38-34-25)28-29(30)32-18-26(33-28)22-8-10-24(11-9-22)39(35,36)19(2)3/h5-11,16,18-19,23,31H,4,12-15,17H2,1-3H3,(H2,30,32)/b7-6-,21-5+. The molecule has 0 amide bonds. The van der Waals surface area contributed by atoms with Gasteiger partial charge in [0.05, 0.1) is 22.0 Å². The largest absolute Gasteiger partial charge is 0.382 e. The molecule has 3 heterocycles. The fraction of sp³-hybridized carbons (Fsp3) is 0.345. The molecule has 206 valence electrons. The second kappa shape index (κ2) is 12.5. The van der Waals surface area contributed by atoms with Gasteiger partial charge in [-0.05, 0) is 56.9 Å². The highest BCUT2D eigenvalue weighted by atomic mass is 32.2. The van der Waals surface area contributed by atoms with Gasteiger partial charge in [-0.25, -0.2) is 18.4 Å². The molecule has 1 fully saturated rings. The number of nitrogen functional groups attached to an aromatic ring is 1. The summed E-state index contributed by atoms with van der Waals surface area (Å²) in [7, 11) is -3.36. The van der Waals surface area contributed by atoms with Crippen LogP contribution in [0.25, 0.3) is 28.3 Å². The van der Waals surface area contributed by atoms with Crippen molar-refractivity contribution in [1.82, 2.24) is 20.4 Å². The van der Waals surface area contributed by atoms with E-state index in [1.54, 1.807) is 44.2 Å². The maximum absolute atomic E-state index is 12.4. The minimum absolute atomic E-state index is 0.192. The van der Waals surface area contributed by atoms with Crippen LogP contribution in [0.4, 0.5) is 5.82 Å². The first-order valence-electron chi connectivity index (χ1n) is 13.0. The Kier molecular flexibility index (Phi) is 9.11. The van der Waals surface area contributed by atoms with Crippen molar-refractivity contribution in [3.63, 3.8) is 0 Å². The average molecular weight is 550 g/mol. The van der Waals surface area contributed by atoms with Crippen molar-refractivity contribution in [2.24, 2.45) is 0 Å². The molecular weight excluding hydrogens is 514 g/mol. The molecule has 1 saturated heterocycles. The number of ether oxygens (including phenoxy) is 1. The molecule has 2 aromatic heterocycles. The van der Waals surface area contributed by atoms with E-state index >= 15 is 0 Å². The van der Waals surface area contributed by atoms with Crippen LogP contribution in [0.5, 0.6) is 0 Å². The van der Waals surface area contributed by atoms with Crippen LogP contribution in [-0.2, 0) is 14.6 Å². The van der Waals surface area contributed by atoms with Crippen LogP contribution in [-0.4, -0.2) is 54.6 Å². The smallest absolute Gasteiger partial charge is 0.189 e. The van der Waals surface area contributed by atoms with E-state index in [0.29, 0.717) is 40.0 Å². The van der Waals surface area contributed by atoms with Crippen LogP contribution in [0.3, 0.4) is 0 Å². The van der Waals surface area contributed by atoms with Gasteiger partial charge in [-0.15, -0.1) is 0 Å². The lowest BCUT2D eigenvalue weighted by atomic mass is 10.1. The molecule has 0 bridgehead atoms. The molecule has 1 aliphatic rings. The lowest BCUT2D eigenvalue weighted by Gasteiger charge is -2.23. The molecule has 0 radical (unpaired) electrons. The summed E-state index contributed by atoms with van der Waals surface area (Å²) < 4.78 is 35.8. The molecule has 9 nitrogen and oxygen atoms in total. The van der Waals surface area contributed by atoms with Crippen molar-refractivity contribution in [1.29, 1.82) is 0 Å². The molecule has 0 atom stereocenters.